The van der Waals surface area contributed by atoms with E-state index in [1.807, 2.05) is 9.80 Å². The molecular weight excluding hydrogens is 471 g/mol. The standard InChI is InChI=1S/C23H24Cl2N2O4S/c1-30-17-11-15(12-18(14-17)31-2)21(28)26-7-5-23(6-8-26)27(9-10-32-23)22(29)19-4-3-16(24)13-20(19)25/h3-4,11-14H,5-10H2,1-2H3. The molecule has 0 unspecified atom stereocenters. The summed E-state index contributed by atoms with van der Waals surface area (Å²) < 4.78 is 10.6. The molecule has 2 fully saturated rings. The number of carbonyl (C=O) groups is 2. The Morgan fingerprint density at radius 1 is 0.938 bits per heavy atom. The van der Waals surface area contributed by atoms with Gasteiger partial charge in [-0.25, -0.2) is 0 Å². The fraction of sp³-hybridized carbons (Fsp3) is 0.391. The van der Waals surface area contributed by atoms with Crippen molar-refractivity contribution in [3.8, 4) is 11.5 Å². The molecule has 0 N–H and O–H groups in total. The molecule has 0 saturated carbocycles. The predicted molar refractivity (Wildman–Crippen MR) is 127 cm³/mol. The van der Waals surface area contributed by atoms with E-state index in [1.165, 1.54) is 0 Å². The van der Waals surface area contributed by atoms with Crippen LogP contribution in [-0.4, -0.2) is 66.1 Å². The number of hydrogen-bond acceptors (Lipinski definition) is 5. The fourth-order valence-corrected chi connectivity index (χ4v) is 6.23. The Morgan fingerprint density at radius 3 is 2.19 bits per heavy atom. The number of nitrogens with zero attached hydrogens (tertiary/aromatic N) is 2. The third kappa shape index (κ3) is 4.38. The average Bonchev–Trinajstić information content (AvgIpc) is 3.21. The highest BCUT2D eigenvalue weighted by molar-refractivity contribution is 8.00. The van der Waals surface area contributed by atoms with Crippen molar-refractivity contribution in [3.05, 3.63) is 57.6 Å². The maximum absolute atomic E-state index is 13.3. The minimum absolute atomic E-state index is 0.0707. The Labute approximate surface area is 201 Å². The van der Waals surface area contributed by atoms with Crippen LogP contribution < -0.4 is 9.47 Å². The van der Waals surface area contributed by atoms with Crippen LogP contribution in [0.1, 0.15) is 33.6 Å². The topological polar surface area (TPSA) is 59.1 Å². The highest BCUT2D eigenvalue weighted by Gasteiger charge is 2.47. The normalized spacial score (nSPS) is 17.5. The van der Waals surface area contributed by atoms with E-state index in [9.17, 15) is 9.59 Å². The molecule has 0 atom stereocenters. The van der Waals surface area contributed by atoms with Crippen molar-refractivity contribution in [1.82, 2.24) is 9.80 Å². The van der Waals surface area contributed by atoms with E-state index in [0.717, 1.165) is 5.75 Å². The summed E-state index contributed by atoms with van der Waals surface area (Å²) in [4.78, 5) is 29.9. The number of likely N-dealkylation sites (tertiary alicyclic amines) is 1. The summed E-state index contributed by atoms with van der Waals surface area (Å²) in [5, 5.41) is 0.854. The molecule has 2 aliphatic rings. The monoisotopic (exact) mass is 494 g/mol. The smallest absolute Gasteiger partial charge is 0.256 e. The van der Waals surface area contributed by atoms with Crippen molar-refractivity contribution in [2.45, 2.75) is 17.7 Å². The lowest BCUT2D eigenvalue weighted by atomic mass is 10.00. The SMILES string of the molecule is COc1cc(OC)cc(C(=O)N2CCC3(CC2)SCCN3C(=O)c2ccc(Cl)cc2Cl)c1. The van der Waals surface area contributed by atoms with Crippen LogP contribution in [0.4, 0.5) is 0 Å². The van der Waals surface area contributed by atoms with Gasteiger partial charge in [0.1, 0.15) is 11.5 Å². The molecule has 32 heavy (non-hydrogen) atoms. The summed E-state index contributed by atoms with van der Waals surface area (Å²) in [5.74, 6) is 1.85. The van der Waals surface area contributed by atoms with E-state index in [1.54, 1.807) is 62.4 Å². The molecule has 170 valence electrons. The van der Waals surface area contributed by atoms with Gasteiger partial charge in [-0.05, 0) is 43.2 Å². The van der Waals surface area contributed by atoms with Crippen molar-refractivity contribution in [1.29, 1.82) is 0 Å². The van der Waals surface area contributed by atoms with Gasteiger partial charge in [0.05, 0.1) is 29.7 Å². The number of rotatable bonds is 4. The molecule has 1 spiro atoms. The molecule has 0 aliphatic carbocycles. The van der Waals surface area contributed by atoms with Gasteiger partial charge >= 0.3 is 0 Å². The van der Waals surface area contributed by atoms with Crippen LogP contribution in [-0.2, 0) is 0 Å². The van der Waals surface area contributed by atoms with Gasteiger partial charge in [0.25, 0.3) is 11.8 Å². The summed E-state index contributed by atoms with van der Waals surface area (Å²) in [6.45, 7) is 1.77. The number of ether oxygens (including phenoxy) is 2. The second kappa shape index (κ2) is 9.41. The molecule has 2 amide bonds. The fourth-order valence-electron chi connectivity index (χ4n) is 4.29. The zero-order valence-electron chi connectivity index (χ0n) is 17.9. The van der Waals surface area contributed by atoms with Gasteiger partial charge in [0.15, 0.2) is 0 Å². The summed E-state index contributed by atoms with van der Waals surface area (Å²) in [6, 6.07) is 10.1. The lowest BCUT2D eigenvalue weighted by Crippen LogP contribution is -2.53. The lowest BCUT2D eigenvalue weighted by molar-refractivity contribution is 0.0497. The molecule has 0 bridgehead atoms. The van der Waals surface area contributed by atoms with Crippen molar-refractivity contribution >= 4 is 46.8 Å². The van der Waals surface area contributed by atoms with Crippen LogP contribution >= 0.6 is 35.0 Å². The van der Waals surface area contributed by atoms with Crippen LogP contribution in [0.5, 0.6) is 11.5 Å². The van der Waals surface area contributed by atoms with Gasteiger partial charge in [-0.3, -0.25) is 9.59 Å². The summed E-state index contributed by atoms with van der Waals surface area (Å²) in [5.41, 5.74) is 0.983. The van der Waals surface area contributed by atoms with Crippen molar-refractivity contribution in [2.75, 3.05) is 39.6 Å². The number of benzene rings is 2. The summed E-state index contributed by atoms with van der Waals surface area (Å²) in [7, 11) is 3.12. The number of amides is 2. The van der Waals surface area contributed by atoms with Gasteiger partial charge in [0.2, 0.25) is 0 Å². The number of hydrogen-bond donors (Lipinski definition) is 0. The molecule has 6 nitrogen and oxygen atoms in total. The zero-order valence-corrected chi connectivity index (χ0v) is 20.2. The third-order valence-electron chi connectivity index (χ3n) is 6.01. The van der Waals surface area contributed by atoms with Gasteiger partial charge in [-0.1, -0.05) is 23.2 Å². The molecule has 0 aromatic heterocycles. The van der Waals surface area contributed by atoms with Crippen molar-refractivity contribution in [3.63, 3.8) is 0 Å². The Hall–Kier alpha value is -2.09. The van der Waals surface area contributed by atoms with Gasteiger partial charge in [-0.2, -0.15) is 0 Å². The first-order chi connectivity index (χ1) is 15.4. The summed E-state index contributed by atoms with van der Waals surface area (Å²) in [6.07, 6.45) is 1.39. The molecule has 2 aromatic carbocycles. The number of methoxy groups -OCH3 is 2. The minimum atomic E-state index is -0.330. The first kappa shape index (κ1) is 23.1. The lowest BCUT2D eigenvalue weighted by Gasteiger charge is -2.44. The maximum Gasteiger partial charge on any atom is 0.256 e. The van der Waals surface area contributed by atoms with Gasteiger partial charge < -0.3 is 19.3 Å². The minimum Gasteiger partial charge on any atom is -0.497 e. The molecule has 2 aliphatic heterocycles. The number of halogens is 2. The first-order valence-electron chi connectivity index (χ1n) is 10.3. The molecule has 0 radical (unpaired) electrons. The number of piperidine rings is 1. The Balaban J connectivity index is 1.49. The van der Waals surface area contributed by atoms with E-state index in [2.05, 4.69) is 0 Å². The van der Waals surface area contributed by atoms with Crippen molar-refractivity contribution < 1.29 is 19.1 Å². The maximum atomic E-state index is 13.3. The molecule has 2 saturated heterocycles. The second-order valence-electron chi connectivity index (χ2n) is 7.77. The Kier molecular flexibility index (Phi) is 6.79. The molecular formula is C23H24Cl2N2O4S. The van der Waals surface area contributed by atoms with Gasteiger partial charge in [0, 0.05) is 42.0 Å². The largest absolute Gasteiger partial charge is 0.497 e. The zero-order chi connectivity index (χ0) is 22.9. The van der Waals surface area contributed by atoms with Crippen LogP contribution in [0.2, 0.25) is 10.0 Å². The predicted octanol–water partition coefficient (Wildman–Crippen LogP) is 4.83. The quantitative estimate of drug-likeness (QED) is 0.608. The van der Waals surface area contributed by atoms with E-state index >= 15 is 0 Å². The highest BCUT2D eigenvalue weighted by Crippen LogP contribution is 2.45. The number of carbonyl (C=O) groups excluding carboxylic acids is 2. The summed E-state index contributed by atoms with van der Waals surface area (Å²) >= 11 is 14.1. The average molecular weight is 495 g/mol. The number of thioether (sulfide) groups is 1. The first-order valence-corrected chi connectivity index (χ1v) is 12.0. The molecule has 4 rings (SSSR count). The highest BCUT2D eigenvalue weighted by atomic mass is 35.5. The second-order valence-corrected chi connectivity index (χ2v) is 10.1. The van der Waals surface area contributed by atoms with E-state index in [-0.39, 0.29) is 16.7 Å². The van der Waals surface area contributed by atoms with Crippen LogP contribution in [0.15, 0.2) is 36.4 Å². The van der Waals surface area contributed by atoms with E-state index in [0.29, 0.717) is 65.1 Å². The molecule has 2 heterocycles. The van der Waals surface area contributed by atoms with Crippen LogP contribution in [0.3, 0.4) is 0 Å². The molecule has 9 heteroatoms. The van der Waals surface area contributed by atoms with Crippen LogP contribution in [0.25, 0.3) is 0 Å². The van der Waals surface area contributed by atoms with Crippen molar-refractivity contribution in [2.24, 2.45) is 0 Å². The van der Waals surface area contributed by atoms with Crippen LogP contribution in [0, 0.1) is 0 Å². The van der Waals surface area contributed by atoms with E-state index < -0.39 is 0 Å². The molecule has 2 aromatic rings. The van der Waals surface area contributed by atoms with E-state index in [4.69, 9.17) is 32.7 Å². The van der Waals surface area contributed by atoms with Gasteiger partial charge in [-0.15, -0.1) is 11.8 Å². The Bertz CT molecular complexity index is 1020. The Morgan fingerprint density at radius 2 is 1.59 bits per heavy atom. The third-order valence-corrected chi connectivity index (χ3v) is 8.12.